The van der Waals surface area contributed by atoms with E-state index in [0.29, 0.717) is 12.2 Å². The topological polar surface area (TPSA) is 72.2 Å². The second-order valence-electron chi connectivity index (χ2n) is 5.16. The Hall–Kier alpha value is -1.85. The normalized spacial score (nSPS) is 11.4. The van der Waals surface area contributed by atoms with Gasteiger partial charge in [0, 0.05) is 6.54 Å². The maximum Gasteiger partial charge on any atom is 0.262 e. The number of hydrogen-bond donors (Lipinski definition) is 2. The van der Waals surface area contributed by atoms with Crippen LogP contribution in [-0.2, 0) is 16.6 Å². The lowest BCUT2D eigenvalue weighted by molar-refractivity contribution is 0.600. The summed E-state index contributed by atoms with van der Waals surface area (Å²) in [6, 6.07) is 10.9. The van der Waals surface area contributed by atoms with Crippen LogP contribution < -0.4 is 10.5 Å². The molecule has 4 nitrogen and oxygen atoms in total. The van der Waals surface area contributed by atoms with Gasteiger partial charge >= 0.3 is 0 Å². The van der Waals surface area contributed by atoms with E-state index in [2.05, 4.69) is 4.72 Å². The fraction of sp³-hybridized carbons (Fsp3) is 0.250. The summed E-state index contributed by atoms with van der Waals surface area (Å²) in [6.45, 7) is 5.88. The largest absolute Gasteiger partial charge is 0.326 e. The van der Waals surface area contributed by atoms with Gasteiger partial charge in [0.1, 0.15) is 0 Å². The predicted molar refractivity (Wildman–Crippen MR) is 85.8 cm³/mol. The van der Waals surface area contributed by atoms with Gasteiger partial charge in [-0.3, -0.25) is 4.72 Å². The Balaban J connectivity index is 2.50. The smallest absolute Gasteiger partial charge is 0.262 e. The first-order valence-corrected chi connectivity index (χ1v) is 8.22. The molecule has 3 N–H and O–H groups in total. The summed E-state index contributed by atoms with van der Waals surface area (Å²) in [4.78, 5) is 0.284. The molecule has 0 aliphatic rings. The van der Waals surface area contributed by atoms with Crippen LogP contribution in [0.5, 0.6) is 0 Å². The molecule has 0 bridgehead atoms. The van der Waals surface area contributed by atoms with Crippen molar-refractivity contribution in [2.45, 2.75) is 32.2 Å². The van der Waals surface area contributed by atoms with Gasteiger partial charge in [0.05, 0.1) is 10.6 Å². The van der Waals surface area contributed by atoms with Gasteiger partial charge in [0.2, 0.25) is 0 Å². The van der Waals surface area contributed by atoms with Crippen molar-refractivity contribution in [3.8, 4) is 0 Å². The standard InChI is InChI=1S/C16H20N2O2S/c1-11-6-4-5-7-15(11)18-21(19,20)16-9-14(10-17)8-12(2)13(16)3/h4-9,18H,10,17H2,1-3H3. The number of nitrogens with one attached hydrogen (secondary N) is 1. The van der Waals surface area contributed by atoms with Gasteiger partial charge in [-0.2, -0.15) is 0 Å². The Bertz CT molecular complexity index is 768. The van der Waals surface area contributed by atoms with E-state index in [9.17, 15) is 8.42 Å². The first kappa shape index (κ1) is 15.5. The van der Waals surface area contributed by atoms with E-state index < -0.39 is 10.0 Å². The summed E-state index contributed by atoms with van der Waals surface area (Å²) in [5.74, 6) is 0. The number of anilines is 1. The SMILES string of the molecule is Cc1ccccc1NS(=O)(=O)c1cc(CN)cc(C)c1C. The van der Waals surface area contributed by atoms with Gasteiger partial charge in [0.15, 0.2) is 0 Å². The van der Waals surface area contributed by atoms with Crippen LogP contribution in [0.15, 0.2) is 41.3 Å². The molecular weight excluding hydrogens is 284 g/mol. The maximum atomic E-state index is 12.6. The van der Waals surface area contributed by atoms with Gasteiger partial charge in [-0.25, -0.2) is 8.42 Å². The molecule has 0 unspecified atom stereocenters. The molecule has 2 rings (SSSR count). The lowest BCUT2D eigenvalue weighted by atomic mass is 10.1. The summed E-state index contributed by atoms with van der Waals surface area (Å²) in [7, 11) is -3.63. The number of para-hydroxylation sites is 1. The second-order valence-corrected chi connectivity index (χ2v) is 6.81. The zero-order valence-electron chi connectivity index (χ0n) is 12.5. The van der Waals surface area contributed by atoms with E-state index in [0.717, 1.165) is 22.3 Å². The Kier molecular flexibility index (Phi) is 4.34. The van der Waals surface area contributed by atoms with Crippen molar-refractivity contribution in [3.63, 3.8) is 0 Å². The van der Waals surface area contributed by atoms with Crippen molar-refractivity contribution < 1.29 is 8.42 Å². The molecule has 5 heteroatoms. The Morgan fingerprint density at radius 2 is 1.71 bits per heavy atom. The van der Waals surface area contributed by atoms with Crippen molar-refractivity contribution >= 4 is 15.7 Å². The summed E-state index contributed by atoms with van der Waals surface area (Å²) >= 11 is 0. The molecule has 0 saturated carbocycles. The summed E-state index contributed by atoms with van der Waals surface area (Å²) in [6.07, 6.45) is 0. The van der Waals surface area contributed by atoms with Crippen LogP contribution in [0.3, 0.4) is 0 Å². The van der Waals surface area contributed by atoms with E-state index >= 15 is 0 Å². The number of sulfonamides is 1. The molecular formula is C16H20N2O2S. The van der Waals surface area contributed by atoms with Gasteiger partial charge in [-0.15, -0.1) is 0 Å². The molecule has 0 aromatic heterocycles. The van der Waals surface area contributed by atoms with Crippen LogP contribution in [0.4, 0.5) is 5.69 Å². The predicted octanol–water partition coefficient (Wildman–Crippen LogP) is 2.87. The molecule has 0 aliphatic carbocycles. The fourth-order valence-corrected chi connectivity index (χ4v) is 3.68. The molecule has 0 spiro atoms. The molecule has 0 atom stereocenters. The zero-order chi connectivity index (χ0) is 15.6. The number of rotatable bonds is 4. The third kappa shape index (κ3) is 3.25. The molecule has 0 saturated heterocycles. The van der Waals surface area contributed by atoms with E-state index in [1.807, 2.05) is 39.0 Å². The minimum atomic E-state index is -3.63. The zero-order valence-corrected chi connectivity index (χ0v) is 13.3. The fourth-order valence-electron chi connectivity index (χ4n) is 2.18. The number of benzene rings is 2. The summed E-state index contributed by atoms with van der Waals surface area (Å²) in [5, 5.41) is 0. The van der Waals surface area contributed by atoms with E-state index in [4.69, 9.17) is 5.73 Å². The first-order chi connectivity index (χ1) is 9.85. The van der Waals surface area contributed by atoms with E-state index in [1.54, 1.807) is 18.2 Å². The van der Waals surface area contributed by atoms with Crippen LogP contribution >= 0.6 is 0 Å². The van der Waals surface area contributed by atoms with Crippen LogP contribution in [0, 0.1) is 20.8 Å². The van der Waals surface area contributed by atoms with Crippen LogP contribution in [0.1, 0.15) is 22.3 Å². The van der Waals surface area contributed by atoms with Crippen LogP contribution in [-0.4, -0.2) is 8.42 Å². The highest BCUT2D eigenvalue weighted by Gasteiger charge is 2.19. The van der Waals surface area contributed by atoms with Crippen LogP contribution in [0.2, 0.25) is 0 Å². The second kappa shape index (κ2) is 5.87. The molecule has 21 heavy (non-hydrogen) atoms. The van der Waals surface area contributed by atoms with E-state index in [1.165, 1.54) is 0 Å². The summed E-state index contributed by atoms with van der Waals surface area (Å²) in [5.41, 5.74) is 9.58. The minimum Gasteiger partial charge on any atom is -0.326 e. The Labute approximate surface area is 126 Å². The molecule has 2 aromatic rings. The molecule has 0 amide bonds. The Morgan fingerprint density at radius 3 is 2.33 bits per heavy atom. The van der Waals surface area contributed by atoms with Crippen molar-refractivity contribution in [2.75, 3.05) is 4.72 Å². The lowest BCUT2D eigenvalue weighted by Gasteiger charge is -2.15. The van der Waals surface area contributed by atoms with E-state index in [-0.39, 0.29) is 4.90 Å². The van der Waals surface area contributed by atoms with Gasteiger partial charge in [-0.1, -0.05) is 24.3 Å². The third-order valence-electron chi connectivity index (χ3n) is 3.59. The summed E-state index contributed by atoms with van der Waals surface area (Å²) < 4.78 is 27.9. The molecule has 0 heterocycles. The highest BCUT2D eigenvalue weighted by molar-refractivity contribution is 7.92. The average Bonchev–Trinajstić information content (AvgIpc) is 2.43. The number of hydrogen-bond acceptors (Lipinski definition) is 3. The quantitative estimate of drug-likeness (QED) is 0.912. The number of aryl methyl sites for hydroxylation is 2. The highest BCUT2D eigenvalue weighted by Crippen LogP contribution is 2.24. The number of nitrogens with two attached hydrogens (primary N) is 1. The van der Waals surface area contributed by atoms with Crippen molar-refractivity contribution in [1.82, 2.24) is 0 Å². The van der Waals surface area contributed by atoms with Crippen LogP contribution in [0.25, 0.3) is 0 Å². The van der Waals surface area contributed by atoms with Gasteiger partial charge < -0.3 is 5.73 Å². The average molecular weight is 304 g/mol. The van der Waals surface area contributed by atoms with Crippen molar-refractivity contribution in [2.24, 2.45) is 5.73 Å². The highest BCUT2D eigenvalue weighted by atomic mass is 32.2. The molecule has 0 aliphatic heterocycles. The maximum absolute atomic E-state index is 12.6. The lowest BCUT2D eigenvalue weighted by Crippen LogP contribution is -2.16. The Morgan fingerprint density at radius 1 is 1.05 bits per heavy atom. The molecule has 0 fully saturated rings. The molecule has 2 aromatic carbocycles. The third-order valence-corrected chi connectivity index (χ3v) is 5.09. The minimum absolute atomic E-state index is 0.284. The monoisotopic (exact) mass is 304 g/mol. The molecule has 112 valence electrons. The first-order valence-electron chi connectivity index (χ1n) is 6.74. The molecule has 0 radical (unpaired) electrons. The van der Waals surface area contributed by atoms with Crippen molar-refractivity contribution in [3.05, 3.63) is 58.7 Å². The van der Waals surface area contributed by atoms with Gasteiger partial charge in [0.25, 0.3) is 10.0 Å². The van der Waals surface area contributed by atoms with Gasteiger partial charge in [-0.05, 0) is 55.2 Å². The van der Waals surface area contributed by atoms with Crippen molar-refractivity contribution in [1.29, 1.82) is 0 Å².